The van der Waals surface area contributed by atoms with Crippen molar-refractivity contribution in [1.82, 2.24) is 4.98 Å². The number of aryl methyl sites for hydroxylation is 2. The first-order valence-corrected chi connectivity index (χ1v) is 6.92. The number of hydrogen-bond donors (Lipinski definition) is 1. The van der Waals surface area contributed by atoms with Crippen molar-refractivity contribution >= 4 is 17.0 Å². The van der Waals surface area contributed by atoms with Crippen LogP contribution in [0, 0.1) is 6.92 Å². The normalized spacial score (nSPS) is 10.4. The van der Waals surface area contributed by atoms with Crippen LogP contribution in [0.1, 0.15) is 23.2 Å². The van der Waals surface area contributed by atoms with E-state index in [4.69, 9.17) is 4.74 Å². The molecule has 0 saturated heterocycles. The summed E-state index contributed by atoms with van der Waals surface area (Å²) in [6, 6.07) is 6.04. The van der Waals surface area contributed by atoms with E-state index >= 15 is 0 Å². The second kappa shape index (κ2) is 5.87. The lowest BCUT2D eigenvalue weighted by atomic mass is 10.2. The second-order valence-electron chi connectivity index (χ2n) is 4.12. The third kappa shape index (κ3) is 3.01. The summed E-state index contributed by atoms with van der Waals surface area (Å²) in [5, 5.41) is 6.72. The Morgan fingerprint density at radius 1 is 1.39 bits per heavy atom. The molecule has 0 aliphatic heterocycles. The minimum Gasteiger partial charge on any atom is -0.497 e. The van der Waals surface area contributed by atoms with Crippen LogP contribution in [-0.2, 0) is 13.0 Å². The maximum absolute atomic E-state index is 5.19. The lowest BCUT2D eigenvalue weighted by molar-refractivity contribution is 0.414. The standard InChI is InChI=1S/C14H18N2OS/c1-4-14-16-11(9-18-14)8-15-13-6-5-12(17-3)7-10(13)2/h5-7,9,15H,4,8H2,1-3H3. The van der Waals surface area contributed by atoms with Gasteiger partial charge in [-0.05, 0) is 37.1 Å². The van der Waals surface area contributed by atoms with Gasteiger partial charge in [0.15, 0.2) is 0 Å². The number of nitrogens with one attached hydrogen (secondary N) is 1. The molecule has 1 aromatic carbocycles. The Hall–Kier alpha value is -1.55. The van der Waals surface area contributed by atoms with Gasteiger partial charge in [0.2, 0.25) is 0 Å². The van der Waals surface area contributed by atoms with Crippen LogP contribution < -0.4 is 10.1 Å². The SMILES string of the molecule is CCc1nc(CNc2ccc(OC)cc2C)cs1. The van der Waals surface area contributed by atoms with Gasteiger partial charge in [0.1, 0.15) is 5.75 Å². The van der Waals surface area contributed by atoms with Crippen molar-refractivity contribution < 1.29 is 4.74 Å². The third-order valence-electron chi connectivity index (χ3n) is 2.80. The van der Waals surface area contributed by atoms with Crippen LogP contribution in [0.3, 0.4) is 0 Å². The number of rotatable bonds is 5. The number of nitrogens with zero attached hydrogens (tertiary/aromatic N) is 1. The molecule has 0 bridgehead atoms. The van der Waals surface area contributed by atoms with Gasteiger partial charge in [-0.2, -0.15) is 0 Å². The summed E-state index contributed by atoms with van der Waals surface area (Å²) < 4.78 is 5.19. The molecule has 0 atom stereocenters. The van der Waals surface area contributed by atoms with E-state index in [0.29, 0.717) is 0 Å². The monoisotopic (exact) mass is 262 g/mol. The van der Waals surface area contributed by atoms with Crippen molar-refractivity contribution in [3.63, 3.8) is 0 Å². The number of benzene rings is 1. The van der Waals surface area contributed by atoms with Crippen molar-refractivity contribution in [2.45, 2.75) is 26.8 Å². The highest BCUT2D eigenvalue weighted by Crippen LogP contribution is 2.21. The average Bonchev–Trinajstić information content (AvgIpc) is 2.85. The summed E-state index contributed by atoms with van der Waals surface area (Å²) in [5.41, 5.74) is 3.41. The Morgan fingerprint density at radius 3 is 2.83 bits per heavy atom. The average molecular weight is 262 g/mol. The molecule has 18 heavy (non-hydrogen) atoms. The van der Waals surface area contributed by atoms with Crippen LogP contribution in [-0.4, -0.2) is 12.1 Å². The minimum absolute atomic E-state index is 0.768. The van der Waals surface area contributed by atoms with Crippen molar-refractivity contribution in [1.29, 1.82) is 0 Å². The van der Waals surface area contributed by atoms with E-state index in [1.807, 2.05) is 18.2 Å². The molecular formula is C14H18N2OS. The molecule has 0 unspecified atom stereocenters. The van der Waals surface area contributed by atoms with Crippen LogP contribution >= 0.6 is 11.3 Å². The molecule has 0 aliphatic carbocycles. The Kier molecular flexibility index (Phi) is 4.20. The molecule has 2 rings (SSSR count). The highest BCUT2D eigenvalue weighted by atomic mass is 32.1. The fourth-order valence-electron chi connectivity index (χ4n) is 1.74. The molecule has 3 nitrogen and oxygen atoms in total. The van der Waals surface area contributed by atoms with E-state index in [-0.39, 0.29) is 0 Å². The van der Waals surface area contributed by atoms with Gasteiger partial charge >= 0.3 is 0 Å². The van der Waals surface area contributed by atoms with Gasteiger partial charge in [-0.1, -0.05) is 6.92 Å². The number of aromatic nitrogens is 1. The Morgan fingerprint density at radius 2 is 2.22 bits per heavy atom. The summed E-state index contributed by atoms with van der Waals surface area (Å²) in [6.07, 6.45) is 1.01. The Bertz CT molecular complexity index is 522. The summed E-state index contributed by atoms with van der Waals surface area (Å²) >= 11 is 1.72. The molecule has 0 radical (unpaired) electrons. The van der Waals surface area contributed by atoms with E-state index in [1.54, 1.807) is 18.4 Å². The molecule has 1 aromatic heterocycles. The number of methoxy groups -OCH3 is 1. The molecule has 0 aliphatic rings. The second-order valence-corrected chi connectivity index (χ2v) is 5.06. The molecule has 0 fully saturated rings. The topological polar surface area (TPSA) is 34.2 Å². The largest absolute Gasteiger partial charge is 0.497 e. The molecule has 96 valence electrons. The number of thiazole rings is 1. The van der Waals surface area contributed by atoms with E-state index in [0.717, 1.165) is 30.1 Å². The summed E-state index contributed by atoms with van der Waals surface area (Å²) in [5.74, 6) is 0.889. The van der Waals surface area contributed by atoms with Crippen LogP contribution in [0.5, 0.6) is 5.75 Å². The predicted octanol–water partition coefficient (Wildman–Crippen LogP) is 3.63. The van der Waals surface area contributed by atoms with Gasteiger partial charge in [0.25, 0.3) is 0 Å². The van der Waals surface area contributed by atoms with E-state index in [9.17, 15) is 0 Å². The minimum atomic E-state index is 0.768. The quantitative estimate of drug-likeness (QED) is 0.893. The van der Waals surface area contributed by atoms with E-state index in [1.165, 1.54) is 10.6 Å². The molecule has 0 saturated carbocycles. The van der Waals surface area contributed by atoms with Gasteiger partial charge in [-0.3, -0.25) is 0 Å². The summed E-state index contributed by atoms with van der Waals surface area (Å²) in [7, 11) is 1.68. The highest BCUT2D eigenvalue weighted by molar-refractivity contribution is 7.09. The molecule has 4 heteroatoms. The number of anilines is 1. The van der Waals surface area contributed by atoms with Crippen LogP contribution in [0.25, 0.3) is 0 Å². The maximum Gasteiger partial charge on any atom is 0.119 e. The number of hydrogen-bond acceptors (Lipinski definition) is 4. The van der Waals surface area contributed by atoms with Crippen molar-refractivity contribution in [3.05, 3.63) is 39.8 Å². The molecule has 0 amide bonds. The first kappa shape index (κ1) is 12.9. The fourth-order valence-corrected chi connectivity index (χ4v) is 2.48. The Labute approximate surface area is 112 Å². The summed E-state index contributed by atoms with van der Waals surface area (Å²) in [4.78, 5) is 4.54. The van der Waals surface area contributed by atoms with Crippen LogP contribution in [0.2, 0.25) is 0 Å². The third-order valence-corrected chi connectivity index (χ3v) is 3.84. The molecular weight excluding hydrogens is 244 g/mol. The Balaban J connectivity index is 2.01. The summed E-state index contributed by atoms with van der Waals surface area (Å²) in [6.45, 7) is 4.97. The highest BCUT2D eigenvalue weighted by Gasteiger charge is 2.03. The molecule has 2 aromatic rings. The van der Waals surface area contributed by atoms with Gasteiger partial charge in [-0.15, -0.1) is 11.3 Å². The van der Waals surface area contributed by atoms with E-state index in [2.05, 4.69) is 29.5 Å². The van der Waals surface area contributed by atoms with Gasteiger partial charge in [0, 0.05) is 11.1 Å². The molecule has 1 N–H and O–H groups in total. The molecule has 0 spiro atoms. The van der Waals surface area contributed by atoms with Crippen LogP contribution in [0.4, 0.5) is 5.69 Å². The first-order chi connectivity index (χ1) is 8.72. The predicted molar refractivity (Wildman–Crippen MR) is 76.5 cm³/mol. The fraction of sp³-hybridized carbons (Fsp3) is 0.357. The lowest BCUT2D eigenvalue weighted by Crippen LogP contribution is -2.01. The lowest BCUT2D eigenvalue weighted by Gasteiger charge is -2.09. The zero-order valence-corrected chi connectivity index (χ0v) is 11.8. The smallest absolute Gasteiger partial charge is 0.119 e. The van der Waals surface area contributed by atoms with Crippen molar-refractivity contribution in [2.75, 3.05) is 12.4 Å². The van der Waals surface area contributed by atoms with E-state index < -0.39 is 0 Å². The van der Waals surface area contributed by atoms with Gasteiger partial charge in [0.05, 0.1) is 24.4 Å². The van der Waals surface area contributed by atoms with Crippen molar-refractivity contribution in [2.24, 2.45) is 0 Å². The maximum atomic E-state index is 5.19. The van der Waals surface area contributed by atoms with Crippen LogP contribution in [0.15, 0.2) is 23.6 Å². The van der Waals surface area contributed by atoms with Gasteiger partial charge in [-0.25, -0.2) is 4.98 Å². The van der Waals surface area contributed by atoms with Gasteiger partial charge < -0.3 is 10.1 Å². The van der Waals surface area contributed by atoms with Crippen molar-refractivity contribution in [3.8, 4) is 5.75 Å². The molecule has 1 heterocycles. The first-order valence-electron chi connectivity index (χ1n) is 6.04. The zero-order valence-electron chi connectivity index (χ0n) is 11.0. The zero-order chi connectivity index (χ0) is 13.0. The number of ether oxygens (including phenoxy) is 1.